The fourth-order valence-electron chi connectivity index (χ4n) is 1.99. The van der Waals surface area contributed by atoms with Crippen molar-refractivity contribution in [3.63, 3.8) is 0 Å². The highest BCUT2D eigenvalue weighted by molar-refractivity contribution is 5.19. The first-order valence-electron chi connectivity index (χ1n) is 6.64. The first-order valence-corrected chi connectivity index (χ1v) is 6.64. The molecule has 0 bridgehead atoms. The van der Waals surface area contributed by atoms with Crippen molar-refractivity contribution in [3.05, 3.63) is 59.5 Å². The number of ether oxygens (including phenoxy) is 1. The molecule has 3 nitrogen and oxygen atoms in total. The third kappa shape index (κ3) is 4.03. The summed E-state index contributed by atoms with van der Waals surface area (Å²) < 4.78 is 18.6. The molecule has 2 aromatic rings. The van der Waals surface area contributed by atoms with Crippen molar-refractivity contribution in [2.75, 3.05) is 7.11 Å². The van der Waals surface area contributed by atoms with E-state index in [1.54, 1.807) is 19.4 Å². The summed E-state index contributed by atoms with van der Waals surface area (Å²) in [4.78, 5) is 4.15. The standard InChI is InChI=1S/C16H19FN2O/c1-12(9-14-5-3-4-6-15(14)17)18-10-13-7-8-16(20-2)19-11-13/h3-8,11-12,18H,9-10H2,1-2H3. The smallest absolute Gasteiger partial charge is 0.212 e. The largest absolute Gasteiger partial charge is 0.481 e. The van der Waals surface area contributed by atoms with E-state index in [0.29, 0.717) is 18.8 Å². The summed E-state index contributed by atoms with van der Waals surface area (Å²) in [5, 5.41) is 3.36. The molecule has 0 aliphatic heterocycles. The predicted octanol–water partition coefficient (Wildman–Crippen LogP) is 2.95. The number of benzene rings is 1. The number of rotatable bonds is 6. The number of methoxy groups -OCH3 is 1. The number of aromatic nitrogens is 1. The zero-order chi connectivity index (χ0) is 14.4. The summed E-state index contributed by atoms with van der Waals surface area (Å²) in [6.45, 7) is 2.75. The number of pyridine rings is 1. The van der Waals surface area contributed by atoms with Gasteiger partial charge in [-0.05, 0) is 30.5 Å². The predicted molar refractivity (Wildman–Crippen MR) is 77.2 cm³/mol. The van der Waals surface area contributed by atoms with Crippen LogP contribution in [-0.4, -0.2) is 18.1 Å². The van der Waals surface area contributed by atoms with Crippen LogP contribution in [0.3, 0.4) is 0 Å². The van der Waals surface area contributed by atoms with Gasteiger partial charge in [-0.1, -0.05) is 24.3 Å². The van der Waals surface area contributed by atoms with Crippen LogP contribution in [0.25, 0.3) is 0 Å². The Labute approximate surface area is 118 Å². The zero-order valence-electron chi connectivity index (χ0n) is 11.8. The van der Waals surface area contributed by atoms with Gasteiger partial charge < -0.3 is 10.1 Å². The fourth-order valence-corrected chi connectivity index (χ4v) is 1.99. The van der Waals surface area contributed by atoms with Gasteiger partial charge in [-0.15, -0.1) is 0 Å². The summed E-state index contributed by atoms with van der Waals surface area (Å²) in [6.07, 6.45) is 2.44. The van der Waals surface area contributed by atoms with Gasteiger partial charge in [0.15, 0.2) is 0 Å². The summed E-state index contributed by atoms with van der Waals surface area (Å²) in [5.74, 6) is 0.459. The van der Waals surface area contributed by atoms with Crippen LogP contribution in [0.5, 0.6) is 5.88 Å². The van der Waals surface area contributed by atoms with Crippen molar-refractivity contribution in [3.8, 4) is 5.88 Å². The molecule has 1 aromatic heterocycles. The van der Waals surface area contributed by atoms with Crippen LogP contribution in [0.15, 0.2) is 42.6 Å². The van der Waals surface area contributed by atoms with Gasteiger partial charge in [0.25, 0.3) is 0 Å². The quantitative estimate of drug-likeness (QED) is 0.879. The number of nitrogens with zero attached hydrogens (tertiary/aromatic N) is 1. The van der Waals surface area contributed by atoms with Crippen molar-refractivity contribution < 1.29 is 9.13 Å². The third-order valence-corrected chi connectivity index (χ3v) is 3.15. The maximum absolute atomic E-state index is 13.5. The van der Waals surface area contributed by atoms with E-state index in [1.165, 1.54) is 6.07 Å². The first kappa shape index (κ1) is 14.5. The molecule has 1 heterocycles. The maximum Gasteiger partial charge on any atom is 0.212 e. The lowest BCUT2D eigenvalue weighted by Gasteiger charge is -2.14. The van der Waals surface area contributed by atoms with E-state index in [0.717, 1.165) is 11.1 Å². The van der Waals surface area contributed by atoms with E-state index in [4.69, 9.17) is 4.74 Å². The Kier molecular flexibility index (Phi) is 5.07. The topological polar surface area (TPSA) is 34.1 Å². The molecule has 1 N–H and O–H groups in total. The molecule has 2 rings (SSSR count). The Morgan fingerprint density at radius 1 is 1.25 bits per heavy atom. The van der Waals surface area contributed by atoms with Crippen LogP contribution < -0.4 is 10.1 Å². The van der Waals surface area contributed by atoms with Gasteiger partial charge in [0, 0.05) is 24.8 Å². The Morgan fingerprint density at radius 3 is 2.70 bits per heavy atom. The van der Waals surface area contributed by atoms with Crippen LogP contribution in [-0.2, 0) is 13.0 Å². The molecule has 20 heavy (non-hydrogen) atoms. The molecule has 0 saturated heterocycles. The number of hydrogen-bond donors (Lipinski definition) is 1. The molecule has 0 saturated carbocycles. The Balaban J connectivity index is 1.85. The molecule has 0 aliphatic carbocycles. The van der Waals surface area contributed by atoms with Crippen molar-refractivity contribution in [1.82, 2.24) is 10.3 Å². The number of nitrogens with one attached hydrogen (secondary N) is 1. The van der Waals surface area contributed by atoms with Crippen LogP contribution in [0.4, 0.5) is 4.39 Å². The van der Waals surface area contributed by atoms with Crippen molar-refractivity contribution in [2.24, 2.45) is 0 Å². The third-order valence-electron chi connectivity index (χ3n) is 3.15. The van der Waals surface area contributed by atoms with Crippen molar-refractivity contribution >= 4 is 0 Å². The normalized spacial score (nSPS) is 12.2. The summed E-state index contributed by atoms with van der Waals surface area (Å²) in [7, 11) is 1.59. The van der Waals surface area contributed by atoms with Crippen LogP contribution in [0, 0.1) is 5.82 Å². The summed E-state index contributed by atoms with van der Waals surface area (Å²) in [5.41, 5.74) is 1.81. The second-order valence-electron chi connectivity index (χ2n) is 4.79. The second kappa shape index (κ2) is 7.01. The van der Waals surface area contributed by atoms with Gasteiger partial charge in [0.05, 0.1) is 7.11 Å². The van der Waals surface area contributed by atoms with E-state index in [1.807, 2.05) is 31.2 Å². The first-order chi connectivity index (χ1) is 9.69. The van der Waals surface area contributed by atoms with E-state index < -0.39 is 0 Å². The molecular formula is C16H19FN2O. The number of hydrogen-bond acceptors (Lipinski definition) is 3. The lowest BCUT2D eigenvalue weighted by atomic mass is 10.1. The minimum atomic E-state index is -0.146. The Bertz CT molecular complexity index is 542. The summed E-state index contributed by atoms with van der Waals surface area (Å²) in [6, 6.07) is 10.9. The van der Waals surface area contributed by atoms with E-state index in [-0.39, 0.29) is 11.9 Å². The molecule has 1 aromatic carbocycles. The van der Waals surface area contributed by atoms with E-state index >= 15 is 0 Å². The minimum Gasteiger partial charge on any atom is -0.481 e. The molecule has 0 aliphatic rings. The van der Waals surface area contributed by atoms with Gasteiger partial charge in [-0.25, -0.2) is 9.37 Å². The SMILES string of the molecule is COc1ccc(CNC(C)Cc2ccccc2F)cn1. The highest BCUT2D eigenvalue weighted by Crippen LogP contribution is 2.10. The molecular weight excluding hydrogens is 255 g/mol. The molecule has 106 valence electrons. The lowest BCUT2D eigenvalue weighted by molar-refractivity contribution is 0.397. The van der Waals surface area contributed by atoms with Gasteiger partial charge in [-0.2, -0.15) is 0 Å². The molecule has 0 fully saturated rings. The van der Waals surface area contributed by atoms with Crippen molar-refractivity contribution in [2.45, 2.75) is 25.9 Å². The zero-order valence-corrected chi connectivity index (χ0v) is 11.8. The molecule has 1 atom stereocenters. The van der Waals surface area contributed by atoms with E-state index in [2.05, 4.69) is 10.3 Å². The highest BCUT2D eigenvalue weighted by Gasteiger charge is 2.07. The average molecular weight is 274 g/mol. The monoisotopic (exact) mass is 274 g/mol. The maximum atomic E-state index is 13.5. The van der Waals surface area contributed by atoms with Gasteiger partial charge in [0.2, 0.25) is 5.88 Å². The Morgan fingerprint density at radius 2 is 2.05 bits per heavy atom. The molecule has 1 unspecified atom stereocenters. The minimum absolute atomic E-state index is 0.146. The molecule has 0 amide bonds. The average Bonchev–Trinajstić information content (AvgIpc) is 2.48. The van der Waals surface area contributed by atoms with E-state index in [9.17, 15) is 4.39 Å². The van der Waals surface area contributed by atoms with Gasteiger partial charge in [0.1, 0.15) is 5.82 Å². The summed E-state index contributed by atoms with van der Waals surface area (Å²) >= 11 is 0. The molecule has 0 radical (unpaired) electrons. The fraction of sp³-hybridized carbons (Fsp3) is 0.312. The van der Waals surface area contributed by atoms with Crippen LogP contribution in [0.1, 0.15) is 18.1 Å². The van der Waals surface area contributed by atoms with Crippen LogP contribution in [0.2, 0.25) is 0 Å². The Hall–Kier alpha value is -1.94. The molecule has 0 spiro atoms. The molecule has 4 heteroatoms. The lowest BCUT2D eigenvalue weighted by Crippen LogP contribution is -2.27. The van der Waals surface area contributed by atoms with Gasteiger partial charge >= 0.3 is 0 Å². The highest BCUT2D eigenvalue weighted by atomic mass is 19.1. The second-order valence-corrected chi connectivity index (χ2v) is 4.79. The van der Waals surface area contributed by atoms with Crippen LogP contribution >= 0.6 is 0 Å². The van der Waals surface area contributed by atoms with Gasteiger partial charge in [-0.3, -0.25) is 0 Å². The number of halogens is 1. The van der Waals surface area contributed by atoms with Crippen molar-refractivity contribution in [1.29, 1.82) is 0 Å².